The number of benzene rings is 1. The first-order valence-corrected chi connectivity index (χ1v) is 11.4. The van der Waals surface area contributed by atoms with Gasteiger partial charge in [0, 0.05) is 17.5 Å². The number of carbonyl (C=O) groups is 2. The number of amides is 1. The van der Waals surface area contributed by atoms with Crippen molar-refractivity contribution in [1.82, 2.24) is 9.80 Å². The molecule has 1 aromatic carbocycles. The minimum absolute atomic E-state index is 0.0353. The summed E-state index contributed by atoms with van der Waals surface area (Å²) in [4.78, 5) is 30.6. The second-order valence-electron chi connectivity index (χ2n) is 7.80. The highest BCUT2D eigenvalue weighted by atomic mass is 35.5. The summed E-state index contributed by atoms with van der Waals surface area (Å²) in [6, 6.07) is 4.28. The van der Waals surface area contributed by atoms with Crippen LogP contribution in [0.15, 0.2) is 29.2 Å². The first kappa shape index (κ1) is 24.1. The summed E-state index contributed by atoms with van der Waals surface area (Å²) in [7, 11) is 6.80. The van der Waals surface area contributed by atoms with Crippen LogP contribution in [0.4, 0.5) is 0 Å². The Morgan fingerprint density at radius 2 is 1.91 bits per heavy atom. The molecular weight excluding hydrogens is 452 g/mol. The fourth-order valence-electron chi connectivity index (χ4n) is 3.80. The number of ketones is 1. The monoisotopic (exact) mass is 478 g/mol. The molecule has 1 amide bonds. The maximum Gasteiger partial charge on any atom is 0.295 e. The van der Waals surface area contributed by atoms with Gasteiger partial charge < -0.3 is 24.4 Å². The largest absolute Gasteiger partial charge is 0.507 e. The van der Waals surface area contributed by atoms with Crippen molar-refractivity contribution in [3.63, 3.8) is 0 Å². The second kappa shape index (κ2) is 9.94. The number of halogens is 1. The van der Waals surface area contributed by atoms with Crippen LogP contribution < -0.4 is 9.47 Å². The summed E-state index contributed by atoms with van der Waals surface area (Å²) < 4.78 is 10.7. The number of aliphatic hydroxyl groups is 1. The number of aliphatic hydroxyl groups excluding tert-OH is 1. The average molecular weight is 479 g/mol. The van der Waals surface area contributed by atoms with Crippen molar-refractivity contribution < 1.29 is 24.2 Å². The summed E-state index contributed by atoms with van der Waals surface area (Å²) >= 11 is 7.65. The van der Waals surface area contributed by atoms with Gasteiger partial charge in [-0.25, -0.2) is 0 Å². The molecule has 9 heteroatoms. The van der Waals surface area contributed by atoms with Crippen molar-refractivity contribution in [2.75, 3.05) is 41.4 Å². The normalized spacial score (nSPS) is 18.0. The van der Waals surface area contributed by atoms with Gasteiger partial charge in [-0.15, -0.1) is 11.3 Å². The van der Waals surface area contributed by atoms with Crippen LogP contribution in [0.1, 0.15) is 28.5 Å². The molecule has 7 nitrogen and oxygen atoms in total. The third-order valence-corrected chi connectivity index (χ3v) is 6.79. The molecule has 1 fully saturated rings. The van der Waals surface area contributed by atoms with E-state index < -0.39 is 17.7 Å². The van der Waals surface area contributed by atoms with Gasteiger partial charge in [-0.2, -0.15) is 0 Å². The maximum absolute atomic E-state index is 13.2. The Bertz CT molecular complexity index is 1060. The molecule has 1 N–H and O–H groups in total. The molecule has 2 aromatic rings. The van der Waals surface area contributed by atoms with Gasteiger partial charge in [0.1, 0.15) is 17.3 Å². The van der Waals surface area contributed by atoms with Gasteiger partial charge in [-0.1, -0.05) is 11.6 Å². The van der Waals surface area contributed by atoms with Crippen LogP contribution in [0.2, 0.25) is 5.02 Å². The SMILES string of the molecule is COc1cc(/C(O)=C2\C(=O)C(=O)N(CCCN(C)C)C2c2sccc2C)c(OC)cc1Cl. The summed E-state index contributed by atoms with van der Waals surface area (Å²) in [5, 5.41) is 13.5. The molecule has 1 aliphatic heterocycles. The molecule has 1 aliphatic rings. The minimum Gasteiger partial charge on any atom is -0.507 e. The molecule has 2 heterocycles. The number of nitrogens with zero attached hydrogens (tertiary/aromatic N) is 2. The summed E-state index contributed by atoms with van der Waals surface area (Å²) in [6.07, 6.45) is 0.694. The number of carbonyl (C=O) groups excluding carboxylic acids is 2. The zero-order chi connectivity index (χ0) is 23.6. The van der Waals surface area contributed by atoms with Gasteiger partial charge in [-0.3, -0.25) is 9.59 Å². The molecule has 0 bridgehead atoms. The minimum atomic E-state index is -0.721. The number of aryl methyl sites for hydroxylation is 1. The number of methoxy groups -OCH3 is 2. The Hall–Kier alpha value is -2.55. The average Bonchev–Trinajstić information content (AvgIpc) is 3.28. The van der Waals surface area contributed by atoms with E-state index in [1.54, 1.807) is 4.90 Å². The Labute approximate surface area is 196 Å². The number of rotatable bonds is 8. The molecule has 0 saturated carbocycles. The van der Waals surface area contributed by atoms with E-state index in [0.29, 0.717) is 23.7 Å². The summed E-state index contributed by atoms with van der Waals surface area (Å²) in [5.74, 6) is -1.07. The topological polar surface area (TPSA) is 79.3 Å². The van der Waals surface area contributed by atoms with Crippen LogP contribution >= 0.6 is 22.9 Å². The van der Waals surface area contributed by atoms with Crippen molar-refractivity contribution >= 4 is 40.4 Å². The van der Waals surface area contributed by atoms with Crippen molar-refractivity contribution in [2.24, 2.45) is 0 Å². The van der Waals surface area contributed by atoms with Crippen LogP contribution in [-0.4, -0.2) is 68.0 Å². The van der Waals surface area contributed by atoms with E-state index in [-0.39, 0.29) is 22.6 Å². The third kappa shape index (κ3) is 4.48. The molecule has 1 atom stereocenters. The van der Waals surface area contributed by atoms with Crippen LogP contribution in [0.3, 0.4) is 0 Å². The number of likely N-dealkylation sites (tertiary alicyclic amines) is 1. The van der Waals surface area contributed by atoms with E-state index in [1.165, 1.54) is 37.7 Å². The number of Topliss-reactive ketones (excluding diaryl/α,β-unsaturated/α-hetero) is 1. The highest BCUT2D eigenvalue weighted by molar-refractivity contribution is 7.10. The van der Waals surface area contributed by atoms with Crippen molar-refractivity contribution in [3.8, 4) is 11.5 Å². The number of hydrogen-bond acceptors (Lipinski definition) is 7. The lowest BCUT2D eigenvalue weighted by atomic mass is 9.97. The standard InChI is InChI=1S/C23H27ClN2O5S/c1-13-7-10-32-22(13)19-18(21(28)23(29)26(19)9-6-8-25(2)3)20(27)14-11-17(31-5)15(24)12-16(14)30-4/h7,10-12,19,27H,6,8-9H2,1-5H3/b20-18+. The fourth-order valence-corrected chi connectivity index (χ4v) is 5.07. The fraction of sp³-hybridized carbons (Fsp3) is 0.391. The van der Waals surface area contributed by atoms with E-state index in [2.05, 4.69) is 0 Å². The molecule has 0 spiro atoms. The highest BCUT2D eigenvalue weighted by Gasteiger charge is 2.47. The van der Waals surface area contributed by atoms with E-state index in [4.69, 9.17) is 21.1 Å². The van der Waals surface area contributed by atoms with Crippen LogP contribution in [-0.2, 0) is 9.59 Å². The first-order valence-electron chi connectivity index (χ1n) is 10.1. The second-order valence-corrected chi connectivity index (χ2v) is 9.16. The number of thiophene rings is 1. The lowest BCUT2D eigenvalue weighted by molar-refractivity contribution is -0.139. The quantitative estimate of drug-likeness (QED) is 0.349. The Kier molecular flexibility index (Phi) is 7.48. The van der Waals surface area contributed by atoms with E-state index in [9.17, 15) is 14.7 Å². The lowest BCUT2D eigenvalue weighted by Crippen LogP contribution is -2.32. The summed E-state index contributed by atoms with van der Waals surface area (Å²) in [5.41, 5.74) is 1.22. The Morgan fingerprint density at radius 3 is 2.47 bits per heavy atom. The number of hydrogen-bond donors (Lipinski definition) is 1. The van der Waals surface area contributed by atoms with E-state index >= 15 is 0 Å². The zero-order valence-electron chi connectivity index (χ0n) is 18.8. The third-order valence-electron chi connectivity index (χ3n) is 5.42. The van der Waals surface area contributed by atoms with Gasteiger partial charge in [-0.05, 0) is 57.1 Å². The van der Waals surface area contributed by atoms with Crippen molar-refractivity contribution in [2.45, 2.75) is 19.4 Å². The van der Waals surface area contributed by atoms with Crippen molar-refractivity contribution in [3.05, 3.63) is 50.2 Å². The smallest absolute Gasteiger partial charge is 0.295 e. The van der Waals surface area contributed by atoms with Crippen LogP contribution in [0.25, 0.3) is 5.76 Å². The predicted molar refractivity (Wildman–Crippen MR) is 126 cm³/mol. The van der Waals surface area contributed by atoms with E-state index in [0.717, 1.165) is 17.0 Å². The molecule has 172 valence electrons. The van der Waals surface area contributed by atoms with Gasteiger partial charge in [0.2, 0.25) is 0 Å². The molecule has 1 aromatic heterocycles. The Balaban J connectivity index is 2.18. The molecule has 0 aliphatic carbocycles. The maximum atomic E-state index is 13.2. The predicted octanol–water partition coefficient (Wildman–Crippen LogP) is 4.10. The van der Waals surface area contributed by atoms with Crippen molar-refractivity contribution in [1.29, 1.82) is 0 Å². The van der Waals surface area contributed by atoms with E-state index in [1.807, 2.05) is 37.4 Å². The first-order chi connectivity index (χ1) is 15.2. The van der Waals surface area contributed by atoms with Gasteiger partial charge in [0.25, 0.3) is 11.7 Å². The molecule has 3 rings (SSSR count). The zero-order valence-corrected chi connectivity index (χ0v) is 20.3. The summed E-state index contributed by atoms with van der Waals surface area (Å²) in [6.45, 7) is 3.08. The van der Waals surface area contributed by atoms with Gasteiger partial charge in [0.15, 0.2) is 0 Å². The molecule has 1 saturated heterocycles. The van der Waals surface area contributed by atoms with Gasteiger partial charge in [0.05, 0.1) is 36.4 Å². The molecular formula is C23H27ClN2O5S. The molecule has 1 unspecified atom stereocenters. The number of ether oxygens (including phenoxy) is 2. The highest BCUT2D eigenvalue weighted by Crippen LogP contribution is 2.45. The van der Waals surface area contributed by atoms with Gasteiger partial charge >= 0.3 is 0 Å². The lowest BCUT2D eigenvalue weighted by Gasteiger charge is -2.25. The van der Waals surface area contributed by atoms with Crippen LogP contribution in [0.5, 0.6) is 11.5 Å². The Morgan fingerprint density at radius 1 is 1.22 bits per heavy atom. The molecule has 32 heavy (non-hydrogen) atoms. The van der Waals surface area contributed by atoms with Crippen LogP contribution in [0, 0.1) is 6.92 Å². The molecule has 0 radical (unpaired) electrons.